The maximum Gasteiger partial charge on any atom is 0.262 e. The van der Waals surface area contributed by atoms with E-state index in [1.165, 1.54) is 4.57 Å². The quantitative estimate of drug-likeness (QED) is 0.465. The normalized spacial score (nSPS) is 11.3. The Bertz CT molecular complexity index is 1170. The van der Waals surface area contributed by atoms with Crippen molar-refractivity contribution >= 4 is 48.5 Å². The van der Waals surface area contributed by atoms with E-state index >= 15 is 0 Å². The Hall–Kier alpha value is -2.19. The fourth-order valence-corrected chi connectivity index (χ4v) is 3.88. The van der Waals surface area contributed by atoms with Gasteiger partial charge in [-0.3, -0.25) is 13.8 Å². The van der Waals surface area contributed by atoms with Crippen molar-refractivity contribution in [2.45, 2.75) is 6.61 Å². The van der Waals surface area contributed by atoms with Crippen LogP contribution in [0, 0.1) is 0 Å². The summed E-state index contributed by atoms with van der Waals surface area (Å²) in [6.07, 6.45) is 0. The number of halogens is 2. The lowest BCUT2D eigenvalue weighted by Crippen LogP contribution is -2.20. The minimum absolute atomic E-state index is 0.0985. The Labute approximate surface area is 159 Å². The van der Waals surface area contributed by atoms with Crippen LogP contribution in [0.5, 0.6) is 5.75 Å². The van der Waals surface area contributed by atoms with Gasteiger partial charge in [-0.15, -0.1) is 10.2 Å². The van der Waals surface area contributed by atoms with Gasteiger partial charge in [-0.1, -0.05) is 28.1 Å². The minimum atomic E-state index is -0.0985. The number of para-hydroxylation sites is 1. The fourth-order valence-electron chi connectivity index (χ4n) is 2.72. The Morgan fingerprint density at radius 1 is 1.12 bits per heavy atom. The third-order valence-corrected chi connectivity index (χ3v) is 5.06. The van der Waals surface area contributed by atoms with Crippen LogP contribution in [-0.4, -0.2) is 19.2 Å². The van der Waals surface area contributed by atoms with E-state index in [9.17, 15) is 4.79 Å². The largest absolute Gasteiger partial charge is 0.484 e. The topological polar surface area (TPSA) is 61.4 Å². The molecule has 0 spiro atoms. The van der Waals surface area contributed by atoms with E-state index in [1.54, 1.807) is 13.1 Å². The number of ether oxygens (including phenoxy) is 1. The van der Waals surface area contributed by atoms with E-state index in [0.717, 1.165) is 14.5 Å². The number of hydrogen-bond acceptors (Lipinski definition) is 4. The number of hydrogen-bond donors (Lipinski definition) is 0. The fraction of sp³-hybridized carbons (Fsp3) is 0.118. The molecule has 0 N–H and O–H groups in total. The van der Waals surface area contributed by atoms with E-state index in [2.05, 4.69) is 42.1 Å². The molecule has 2 aromatic carbocycles. The Morgan fingerprint density at radius 2 is 1.92 bits per heavy atom. The van der Waals surface area contributed by atoms with Gasteiger partial charge in [-0.05, 0) is 46.3 Å². The molecule has 0 saturated carbocycles. The first-order valence-electron chi connectivity index (χ1n) is 7.46. The van der Waals surface area contributed by atoms with Gasteiger partial charge in [0.15, 0.2) is 5.82 Å². The Morgan fingerprint density at radius 3 is 2.72 bits per heavy atom. The zero-order valence-corrected chi connectivity index (χ0v) is 16.3. The monoisotopic (exact) mass is 462 g/mol. The second kappa shape index (κ2) is 6.27. The van der Waals surface area contributed by atoms with Crippen molar-refractivity contribution in [1.82, 2.24) is 19.2 Å². The van der Waals surface area contributed by atoms with Crippen LogP contribution in [-0.2, 0) is 13.7 Å². The first-order valence-corrected chi connectivity index (χ1v) is 9.04. The lowest BCUT2D eigenvalue weighted by atomic mass is 10.2. The average molecular weight is 464 g/mol. The van der Waals surface area contributed by atoms with Gasteiger partial charge in [-0.25, -0.2) is 0 Å². The van der Waals surface area contributed by atoms with Crippen molar-refractivity contribution < 1.29 is 4.74 Å². The van der Waals surface area contributed by atoms with Crippen LogP contribution < -0.4 is 10.3 Å². The summed E-state index contributed by atoms with van der Waals surface area (Å²) in [6, 6.07) is 13.1. The standard InChI is InChI=1S/C17H12Br2N4O2/c1-22-16(24)11-4-2-3-5-13(11)23-15(20-21-17(22)23)9-25-14-7-6-10(18)8-12(14)19/h2-8H,9H2,1H3. The highest BCUT2D eigenvalue weighted by molar-refractivity contribution is 9.11. The molecule has 126 valence electrons. The lowest BCUT2D eigenvalue weighted by molar-refractivity contribution is 0.293. The summed E-state index contributed by atoms with van der Waals surface area (Å²) >= 11 is 6.89. The van der Waals surface area contributed by atoms with Crippen molar-refractivity contribution in [3.63, 3.8) is 0 Å². The number of aryl methyl sites for hydroxylation is 1. The molecule has 0 radical (unpaired) electrons. The molecular weight excluding hydrogens is 452 g/mol. The van der Waals surface area contributed by atoms with Crippen molar-refractivity contribution in [3.8, 4) is 5.75 Å². The first kappa shape index (κ1) is 16.3. The van der Waals surface area contributed by atoms with Crippen LogP contribution in [0.2, 0.25) is 0 Å². The van der Waals surface area contributed by atoms with Gasteiger partial charge in [0.1, 0.15) is 12.4 Å². The molecule has 0 atom stereocenters. The van der Waals surface area contributed by atoms with Gasteiger partial charge in [0.2, 0.25) is 5.78 Å². The van der Waals surface area contributed by atoms with Gasteiger partial charge in [0, 0.05) is 11.5 Å². The molecule has 0 saturated heterocycles. The second-order valence-electron chi connectivity index (χ2n) is 5.50. The molecule has 2 aromatic heterocycles. The summed E-state index contributed by atoms with van der Waals surface area (Å²) in [7, 11) is 1.69. The summed E-state index contributed by atoms with van der Waals surface area (Å²) in [5.74, 6) is 1.81. The molecule has 4 rings (SSSR count). The molecule has 0 bridgehead atoms. The van der Waals surface area contributed by atoms with Crippen LogP contribution in [0.25, 0.3) is 16.7 Å². The number of aromatic nitrogens is 4. The highest BCUT2D eigenvalue weighted by atomic mass is 79.9. The molecule has 0 fully saturated rings. The van der Waals surface area contributed by atoms with Crippen LogP contribution >= 0.6 is 31.9 Å². The zero-order valence-electron chi connectivity index (χ0n) is 13.1. The number of benzene rings is 2. The minimum Gasteiger partial charge on any atom is -0.484 e. The lowest BCUT2D eigenvalue weighted by Gasteiger charge is -2.10. The number of nitrogens with zero attached hydrogens (tertiary/aromatic N) is 4. The summed E-state index contributed by atoms with van der Waals surface area (Å²) in [5, 5.41) is 8.98. The molecular formula is C17H12Br2N4O2. The number of rotatable bonds is 3. The van der Waals surface area contributed by atoms with E-state index in [1.807, 2.05) is 40.8 Å². The Kier molecular flexibility index (Phi) is 4.09. The van der Waals surface area contributed by atoms with E-state index < -0.39 is 0 Å². The SMILES string of the molecule is Cn1c(=O)c2ccccc2n2c(COc3ccc(Br)cc3Br)nnc12. The smallest absolute Gasteiger partial charge is 0.262 e. The zero-order chi connectivity index (χ0) is 17.6. The van der Waals surface area contributed by atoms with Crippen LogP contribution in [0.3, 0.4) is 0 Å². The van der Waals surface area contributed by atoms with Crippen LogP contribution in [0.15, 0.2) is 56.2 Å². The number of fused-ring (bicyclic) bond motifs is 3. The predicted molar refractivity (Wildman–Crippen MR) is 102 cm³/mol. The van der Waals surface area contributed by atoms with Crippen LogP contribution in [0.4, 0.5) is 0 Å². The highest BCUT2D eigenvalue weighted by Gasteiger charge is 2.15. The second-order valence-corrected chi connectivity index (χ2v) is 7.27. The van der Waals surface area contributed by atoms with Crippen molar-refractivity contribution in [2.75, 3.05) is 0 Å². The molecule has 4 aromatic rings. The molecule has 0 unspecified atom stereocenters. The third-order valence-electron chi connectivity index (χ3n) is 3.94. The van der Waals surface area contributed by atoms with Gasteiger partial charge in [0.25, 0.3) is 5.56 Å². The molecule has 0 amide bonds. The molecule has 0 aliphatic carbocycles. The molecule has 6 nitrogen and oxygen atoms in total. The summed E-state index contributed by atoms with van der Waals surface area (Å²) < 4.78 is 11.0. The van der Waals surface area contributed by atoms with Crippen LogP contribution in [0.1, 0.15) is 5.82 Å². The average Bonchev–Trinajstić information content (AvgIpc) is 3.03. The Balaban J connectivity index is 1.82. The molecule has 0 aliphatic rings. The van der Waals surface area contributed by atoms with E-state index in [-0.39, 0.29) is 12.2 Å². The van der Waals surface area contributed by atoms with Crippen molar-refractivity contribution in [1.29, 1.82) is 0 Å². The van der Waals surface area contributed by atoms with Gasteiger partial charge in [0.05, 0.1) is 15.4 Å². The van der Waals surface area contributed by atoms with Crippen molar-refractivity contribution in [3.05, 3.63) is 67.6 Å². The maximum atomic E-state index is 12.4. The van der Waals surface area contributed by atoms with Gasteiger partial charge < -0.3 is 4.74 Å². The molecule has 8 heteroatoms. The molecule has 25 heavy (non-hydrogen) atoms. The van der Waals surface area contributed by atoms with Gasteiger partial charge in [-0.2, -0.15) is 0 Å². The van der Waals surface area contributed by atoms with E-state index in [4.69, 9.17) is 4.74 Å². The highest BCUT2D eigenvalue weighted by Crippen LogP contribution is 2.28. The summed E-state index contributed by atoms with van der Waals surface area (Å²) in [4.78, 5) is 12.4. The maximum absolute atomic E-state index is 12.4. The van der Waals surface area contributed by atoms with Gasteiger partial charge >= 0.3 is 0 Å². The summed E-state index contributed by atoms with van der Waals surface area (Å²) in [5.41, 5.74) is 0.665. The van der Waals surface area contributed by atoms with E-state index in [0.29, 0.717) is 22.7 Å². The molecule has 2 heterocycles. The first-order chi connectivity index (χ1) is 12.1. The third kappa shape index (κ3) is 2.75. The van der Waals surface area contributed by atoms with Crippen molar-refractivity contribution in [2.24, 2.45) is 7.05 Å². The predicted octanol–water partition coefficient (Wildman–Crippen LogP) is 3.69. The summed E-state index contributed by atoms with van der Waals surface area (Å²) in [6.45, 7) is 0.226. The molecule has 0 aliphatic heterocycles.